The molecule has 0 radical (unpaired) electrons. The zero-order valence-corrected chi connectivity index (χ0v) is 11.2. The Morgan fingerprint density at radius 2 is 2.28 bits per heavy atom. The molecule has 0 aromatic carbocycles. The monoisotopic (exact) mass is 259 g/mol. The Morgan fingerprint density at radius 1 is 1.50 bits per heavy atom. The topological polar surface area (TPSA) is 81.8 Å². The average molecular weight is 259 g/mol. The molecule has 2 unspecified atom stereocenters. The quantitative estimate of drug-likeness (QED) is 0.646. The van der Waals surface area contributed by atoms with Crippen molar-refractivity contribution in [1.29, 1.82) is 0 Å². The van der Waals surface area contributed by atoms with Crippen LogP contribution in [0.2, 0.25) is 0 Å². The summed E-state index contributed by atoms with van der Waals surface area (Å²) in [5.74, 6) is -0.945. The van der Waals surface area contributed by atoms with Crippen molar-refractivity contribution in [2.45, 2.75) is 57.1 Å². The van der Waals surface area contributed by atoms with E-state index in [0.29, 0.717) is 19.6 Å². The Morgan fingerprint density at radius 3 is 2.89 bits per heavy atom. The summed E-state index contributed by atoms with van der Waals surface area (Å²) >= 11 is 0. The number of hydrogen-bond acceptors (Lipinski definition) is 4. The second-order valence-electron chi connectivity index (χ2n) is 5.24. The van der Waals surface area contributed by atoms with Gasteiger partial charge in [-0.25, -0.2) is 0 Å². The molecule has 1 heterocycles. The molecule has 18 heavy (non-hydrogen) atoms. The van der Waals surface area contributed by atoms with Gasteiger partial charge in [-0.15, -0.1) is 0 Å². The van der Waals surface area contributed by atoms with E-state index in [2.05, 4.69) is 0 Å². The Hall–Kier alpha value is -0.650. The molecule has 0 aromatic heterocycles. The molecule has 1 aliphatic rings. The van der Waals surface area contributed by atoms with Gasteiger partial charge in [0.25, 0.3) is 0 Å². The molecule has 0 amide bonds. The maximum atomic E-state index is 10.8. The van der Waals surface area contributed by atoms with Crippen molar-refractivity contribution in [3.63, 3.8) is 0 Å². The Labute approximate surface area is 109 Å². The highest BCUT2D eigenvalue weighted by molar-refractivity contribution is 5.77. The van der Waals surface area contributed by atoms with Crippen molar-refractivity contribution >= 4 is 5.97 Å². The predicted molar refractivity (Wildman–Crippen MR) is 68.5 cm³/mol. The highest BCUT2D eigenvalue weighted by Gasteiger charge is 2.26. The molecule has 1 rings (SSSR count). The van der Waals surface area contributed by atoms with Gasteiger partial charge < -0.3 is 20.3 Å². The molecule has 106 valence electrons. The van der Waals surface area contributed by atoms with Crippen LogP contribution >= 0.6 is 0 Å². The molecule has 5 nitrogen and oxygen atoms in total. The Bertz CT molecular complexity index is 249. The zero-order valence-electron chi connectivity index (χ0n) is 11.2. The first-order chi connectivity index (χ1) is 8.52. The van der Waals surface area contributed by atoms with Crippen molar-refractivity contribution in [3.8, 4) is 0 Å². The fourth-order valence-electron chi connectivity index (χ4n) is 1.96. The number of rotatable bonds is 8. The molecule has 0 saturated carbocycles. The zero-order chi connectivity index (χ0) is 13.4. The predicted octanol–water partition coefficient (Wildman–Crippen LogP) is 1.54. The molecule has 1 aliphatic heterocycles. The van der Waals surface area contributed by atoms with Gasteiger partial charge in [0.05, 0.1) is 12.7 Å². The van der Waals surface area contributed by atoms with Gasteiger partial charge in [-0.05, 0) is 45.4 Å². The van der Waals surface area contributed by atoms with E-state index >= 15 is 0 Å². The number of carbonyl (C=O) groups is 1. The second kappa shape index (κ2) is 7.71. The molecule has 0 aromatic rings. The summed E-state index contributed by atoms with van der Waals surface area (Å²) in [6.07, 6.45) is 5.79. The smallest absolute Gasteiger partial charge is 0.323 e. The van der Waals surface area contributed by atoms with Gasteiger partial charge in [-0.3, -0.25) is 4.79 Å². The molecule has 1 fully saturated rings. The van der Waals surface area contributed by atoms with E-state index in [0.717, 1.165) is 32.3 Å². The minimum atomic E-state index is -1.12. The standard InChI is InChI=1S/C13H25NO4/c1-13(14,12(15)16)7-3-5-8-17-10-11-6-2-4-9-18-11/h11H,2-10,14H2,1H3,(H,15,16). The van der Waals surface area contributed by atoms with E-state index in [1.165, 1.54) is 6.42 Å². The van der Waals surface area contributed by atoms with Crippen LogP contribution in [0.5, 0.6) is 0 Å². The maximum absolute atomic E-state index is 10.8. The number of carboxylic acids is 1. The van der Waals surface area contributed by atoms with Gasteiger partial charge in [-0.2, -0.15) is 0 Å². The van der Waals surface area contributed by atoms with Crippen LogP contribution in [0.1, 0.15) is 45.4 Å². The lowest BCUT2D eigenvalue weighted by molar-refractivity contribution is -0.143. The van der Waals surface area contributed by atoms with Crippen molar-refractivity contribution < 1.29 is 19.4 Å². The SMILES string of the molecule is CC(N)(CCCCOCC1CCCCO1)C(=O)O. The highest BCUT2D eigenvalue weighted by atomic mass is 16.5. The van der Waals surface area contributed by atoms with E-state index in [9.17, 15) is 4.79 Å². The van der Waals surface area contributed by atoms with Gasteiger partial charge >= 0.3 is 5.97 Å². The van der Waals surface area contributed by atoms with E-state index in [1.807, 2.05) is 0 Å². The van der Waals surface area contributed by atoms with Crippen LogP contribution in [0.3, 0.4) is 0 Å². The summed E-state index contributed by atoms with van der Waals surface area (Å²) in [6.45, 7) is 3.69. The molecule has 0 spiro atoms. The Balaban J connectivity index is 1.97. The number of hydrogen-bond donors (Lipinski definition) is 2. The summed E-state index contributed by atoms with van der Waals surface area (Å²) in [5.41, 5.74) is 4.51. The van der Waals surface area contributed by atoms with Crippen molar-refractivity contribution in [2.24, 2.45) is 5.73 Å². The van der Waals surface area contributed by atoms with E-state index < -0.39 is 11.5 Å². The molecule has 0 aliphatic carbocycles. The maximum Gasteiger partial charge on any atom is 0.323 e. The highest BCUT2D eigenvalue weighted by Crippen LogP contribution is 2.14. The second-order valence-corrected chi connectivity index (χ2v) is 5.24. The van der Waals surface area contributed by atoms with Crippen molar-refractivity contribution in [3.05, 3.63) is 0 Å². The van der Waals surface area contributed by atoms with Crippen LogP contribution < -0.4 is 5.73 Å². The van der Waals surface area contributed by atoms with Crippen molar-refractivity contribution in [1.82, 2.24) is 0 Å². The number of aliphatic carboxylic acids is 1. The Kier molecular flexibility index (Phi) is 6.60. The summed E-state index contributed by atoms with van der Waals surface area (Å²) < 4.78 is 11.1. The van der Waals surface area contributed by atoms with Gasteiger partial charge in [0.15, 0.2) is 0 Å². The molecule has 1 saturated heterocycles. The van der Waals surface area contributed by atoms with Crippen molar-refractivity contribution in [2.75, 3.05) is 19.8 Å². The third kappa shape index (κ3) is 5.80. The summed E-state index contributed by atoms with van der Waals surface area (Å²) in [5, 5.41) is 8.84. The van der Waals surface area contributed by atoms with Crippen LogP contribution in [-0.2, 0) is 14.3 Å². The lowest BCUT2D eigenvalue weighted by atomic mass is 9.97. The molecule has 5 heteroatoms. The molecule has 3 N–H and O–H groups in total. The van der Waals surface area contributed by atoms with Crippen LogP contribution in [0, 0.1) is 0 Å². The molecular weight excluding hydrogens is 234 g/mol. The van der Waals surface area contributed by atoms with Gasteiger partial charge in [0.1, 0.15) is 5.54 Å². The lowest BCUT2D eigenvalue weighted by Crippen LogP contribution is -2.44. The third-order valence-electron chi connectivity index (χ3n) is 3.30. The van der Waals surface area contributed by atoms with E-state index in [-0.39, 0.29) is 6.10 Å². The average Bonchev–Trinajstić information content (AvgIpc) is 2.34. The first kappa shape index (κ1) is 15.4. The van der Waals surface area contributed by atoms with Crippen LogP contribution in [0.4, 0.5) is 0 Å². The van der Waals surface area contributed by atoms with Crippen LogP contribution in [0.25, 0.3) is 0 Å². The first-order valence-corrected chi connectivity index (χ1v) is 6.74. The van der Waals surface area contributed by atoms with Gasteiger partial charge in [0, 0.05) is 13.2 Å². The van der Waals surface area contributed by atoms with E-state index in [1.54, 1.807) is 6.92 Å². The first-order valence-electron chi connectivity index (χ1n) is 6.74. The van der Waals surface area contributed by atoms with Crippen LogP contribution in [0.15, 0.2) is 0 Å². The minimum Gasteiger partial charge on any atom is -0.480 e. The summed E-state index contributed by atoms with van der Waals surface area (Å²) in [4.78, 5) is 10.8. The lowest BCUT2D eigenvalue weighted by Gasteiger charge is -2.22. The summed E-state index contributed by atoms with van der Waals surface area (Å²) in [6, 6.07) is 0. The van der Waals surface area contributed by atoms with Crippen LogP contribution in [-0.4, -0.2) is 42.5 Å². The minimum absolute atomic E-state index is 0.248. The third-order valence-corrected chi connectivity index (χ3v) is 3.30. The molecule has 0 bridgehead atoms. The fourth-order valence-corrected chi connectivity index (χ4v) is 1.96. The normalized spacial score (nSPS) is 23.6. The van der Waals surface area contributed by atoms with Gasteiger partial charge in [0.2, 0.25) is 0 Å². The number of ether oxygens (including phenoxy) is 2. The fraction of sp³-hybridized carbons (Fsp3) is 0.923. The number of unbranched alkanes of at least 4 members (excludes halogenated alkanes) is 1. The largest absolute Gasteiger partial charge is 0.480 e. The van der Waals surface area contributed by atoms with E-state index in [4.69, 9.17) is 20.3 Å². The molecule has 2 atom stereocenters. The number of nitrogens with two attached hydrogens (primary N) is 1. The molecular formula is C13H25NO4. The van der Waals surface area contributed by atoms with Gasteiger partial charge in [-0.1, -0.05) is 0 Å². The summed E-state index contributed by atoms with van der Waals surface area (Å²) in [7, 11) is 0. The number of carboxylic acid groups (broad SMARTS) is 1.